The Morgan fingerprint density at radius 2 is 1.80 bits per heavy atom. The molecule has 1 N–H and O–H groups in total. The number of carbonyl (C=O) groups is 2. The van der Waals surface area contributed by atoms with Crippen LogP contribution in [0, 0.1) is 11.8 Å². The van der Waals surface area contributed by atoms with Crippen molar-refractivity contribution in [2.24, 2.45) is 11.8 Å². The first-order chi connectivity index (χ1) is 9.36. The maximum atomic E-state index is 11.6. The zero-order valence-electron chi connectivity index (χ0n) is 13.3. The lowest BCUT2D eigenvalue weighted by atomic mass is 10.1. The van der Waals surface area contributed by atoms with Crippen LogP contribution < -0.4 is 5.32 Å². The molecule has 1 unspecified atom stereocenters. The van der Waals surface area contributed by atoms with E-state index in [1.54, 1.807) is 11.9 Å². The van der Waals surface area contributed by atoms with E-state index in [2.05, 4.69) is 5.32 Å². The quantitative estimate of drug-likeness (QED) is 0.745. The van der Waals surface area contributed by atoms with Crippen LogP contribution in [-0.4, -0.2) is 50.4 Å². The maximum absolute atomic E-state index is 11.6. The number of alkyl carbamates (subject to hydrolysis) is 1. The third-order valence-electron chi connectivity index (χ3n) is 2.63. The van der Waals surface area contributed by atoms with Gasteiger partial charge in [0.25, 0.3) is 0 Å². The number of rotatable bonds is 8. The minimum atomic E-state index is -0.399. The summed E-state index contributed by atoms with van der Waals surface area (Å²) >= 11 is 0. The van der Waals surface area contributed by atoms with Gasteiger partial charge >= 0.3 is 12.2 Å². The van der Waals surface area contributed by atoms with Crippen molar-refractivity contribution in [2.75, 3.05) is 33.4 Å². The van der Waals surface area contributed by atoms with Crippen LogP contribution >= 0.6 is 0 Å². The Bertz CT molecular complexity index is 295. The first-order valence-electron chi connectivity index (χ1n) is 7.15. The van der Waals surface area contributed by atoms with Crippen molar-refractivity contribution >= 4 is 12.2 Å². The molecule has 0 heterocycles. The molecule has 0 bridgehead atoms. The average Bonchev–Trinajstić information content (AvgIpc) is 2.39. The SMILES string of the molecule is CCNC(=O)OCC(C)CCN(C)C(=O)OCC(C)C. The number of ether oxygens (including phenoxy) is 2. The molecule has 118 valence electrons. The molecule has 0 aliphatic carbocycles. The van der Waals surface area contributed by atoms with Crippen LogP contribution in [0.2, 0.25) is 0 Å². The second-order valence-corrected chi connectivity index (χ2v) is 5.41. The summed E-state index contributed by atoms with van der Waals surface area (Å²) in [4.78, 5) is 24.3. The summed E-state index contributed by atoms with van der Waals surface area (Å²) in [6.07, 6.45) is 0.0479. The van der Waals surface area contributed by atoms with Gasteiger partial charge in [0.15, 0.2) is 0 Å². The summed E-state index contributed by atoms with van der Waals surface area (Å²) in [5, 5.41) is 2.57. The van der Waals surface area contributed by atoms with Gasteiger partial charge in [-0.25, -0.2) is 9.59 Å². The summed E-state index contributed by atoms with van der Waals surface area (Å²) < 4.78 is 10.2. The molecule has 2 amide bonds. The van der Waals surface area contributed by atoms with E-state index in [9.17, 15) is 9.59 Å². The van der Waals surface area contributed by atoms with E-state index in [4.69, 9.17) is 9.47 Å². The molecule has 0 aromatic heterocycles. The van der Waals surface area contributed by atoms with Crippen LogP contribution in [0.4, 0.5) is 9.59 Å². The number of carbonyl (C=O) groups excluding carboxylic acids is 2. The predicted octanol–water partition coefficient (Wildman–Crippen LogP) is 2.48. The zero-order chi connectivity index (χ0) is 15.5. The Kier molecular flexibility index (Phi) is 9.59. The van der Waals surface area contributed by atoms with Crippen molar-refractivity contribution in [2.45, 2.75) is 34.1 Å². The number of hydrogen-bond donors (Lipinski definition) is 1. The molecule has 0 aromatic rings. The first kappa shape index (κ1) is 18.5. The van der Waals surface area contributed by atoms with Crippen LogP contribution in [0.5, 0.6) is 0 Å². The molecule has 0 saturated carbocycles. The lowest BCUT2D eigenvalue weighted by Gasteiger charge is -2.20. The van der Waals surface area contributed by atoms with Crippen LogP contribution in [-0.2, 0) is 9.47 Å². The Hall–Kier alpha value is -1.46. The second kappa shape index (κ2) is 10.3. The lowest BCUT2D eigenvalue weighted by Crippen LogP contribution is -2.31. The molecule has 6 nitrogen and oxygen atoms in total. The number of amides is 2. The molecule has 0 aliphatic heterocycles. The number of nitrogens with zero attached hydrogens (tertiary/aromatic N) is 1. The smallest absolute Gasteiger partial charge is 0.409 e. The average molecular weight is 288 g/mol. The van der Waals surface area contributed by atoms with Crippen molar-refractivity contribution in [3.63, 3.8) is 0 Å². The van der Waals surface area contributed by atoms with Crippen LogP contribution in [0.1, 0.15) is 34.1 Å². The molecule has 0 saturated heterocycles. The topological polar surface area (TPSA) is 67.9 Å². The maximum Gasteiger partial charge on any atom is 0.409 e. The third kappa shape index (κ3) is 9.47. The molecule has 0 rings (SSSR count). The molecule has 20 heavy (non-hydrogen) atoms. The van der Waals surface area contributed by atoms with E-state index in [1.807, 2.05) is 27.7 Å². The molecule has 0 fully saturated rings. The standard InChI is InChI=1S/C14H28N2O4/c1-6-15-13(17)19-10-12(4)7-8-16(5)14(18)20-9-11(2)3/h11-12H,6-10H2,1-5H3,(H,15,17). The van der Waals surface area contributed by atoms with Crippen LogP contribution in [0.15, 0.2) is 0 Å². The fourth-order valence-electron chi connectivity index (χ4n) is 1.35. The summed E-state index contributed by atoms with van der Waals surface area (Å²) in [7, 11) is 1.71. The van der Waals surface area contributed by atoms with E-state index in [0.29, 0.717) is 32.2 Å². The van der Waals surface area contributed by atoms with Gasteiger partial charge in [-0.3, -0.25) is 0 Å². The summed E-state index contributed by atoms with van der Waals surface area (Å²) in [6, 6.07) is 0. The monoisotopic (exact) mass is 288 g/mol. The highest BCUT2D eigenvalue weighted by Crippen LogP contribution is 2.05. The lowest BCUT2D eigenvalue weighted by molar-refractivity contribution is 0.0944. The predicted molar refractivity (Wildman–Crippen MR) is 77.6 cm³/mol. The summed E-state index contributed by atoms with van der Waals surface area (Å²) in [5.41, 5.74) is 0. The largest absolute Gasteiger partial charge is 0.449 e. The first-order valence-corrected chi connectivity index (χ1v) is 7.15. The fourth-order valence-corrected chi connectivity index (χ4v) is 1.35. The van der Waals surface area contributed by atoms with Crippen molar-refractivity contribution in [3.05, 3.63) is 0 Å². The van der Waals surface area contributed by atoms with E-state index < -0.39 is 6.09 Å². The Balaban J connectivity index is 3.79. The molecular formula is C14H28N2O4. The van der Waals surface area contributed by atoms with Crippen molar-refractivity contribution in [1.29, 1.82) is 0 Å². The van der Waals surface area contributed by atoms with E-state index in [0.717, 1.165) is 6.42 Å². The van der Waals surface area contributed by atoms with Gasteiger partial charge in [-0.1, -0.05) is 20.8 Å². The second-order valence-electron chi connectivity index (χ2n) is 5.41. The Labute approximate surface area is 121 Å². The minimum absolute atomic E-state index is 0.193. The molecule has 6 heteroatoms. The van der Waals surface area contributed by atoms with Crippen molar-refractivity contribution < 1.29 is 19.1 Å². The molecule has 0 radical (unpaired) electrons. The van der Waals surface area contributed by atoms with Crippen molar-refractivity contribution in [3.8, 4) is 0 Å². The highest BCUT2D eigenvalue weighted by atomic mass is 16.6. The Morgan fingerprint density at radius 3 is 2.35 bits per heavy atom. The van der Waals surface area contributed by atoms with Gasteiger partial charge in [-0.15, -0.1) is 0 Å². The third-order valence-corrected chi connectivity index (χ3v) is 2.63. The van der Waals surface area contributed by atoms with Gasteiger partial charge in [0.05, 0.1) is 13.2 Å². The van der Waals surface area contributed by atoms with Crippen LogP contribution in [0.25, 0.3) is 0 Å². The summed E-state index contributed by atoms with van der Waals surface area (Å²) in [6.45, 7) is 9.71. The van der Waals surface area contributed by atoms with Crippen LogP contribution in [0.3, 0.4) is 0 Å². The van der Waals surface area contributed by atoms with Gasteiger partial charge in [-0.05, 0) is 25.2 Å². The van der Waals surface area contributed by atoms with E-state index >= 15 is 0 Å². The summed E-state index contributed by atoms with van der Waals surface area (Å²) in [5.74, 6) is 0.523. The zero-order valence-corrected chi connectivity index (χ0v) is 13.3. The highest BCUT2D eigenvalue weighted by Gasteiger charge is 2.13. The number of nitrogens with one attached hydrogen (secondary N) is 1. The molecule has 0 spiro atoms. The minimum Gasteiger partial charge on any atom is -0.449 e. The normalized spacial score (nSPS) is 11.9. The number of hydrogen-bond acceptors (Lipinski definition) is 4. The van der Waals surface area contributed by atoms with Gasteiger partial charge < -0.3 is 19.7 Å². The van der Waals surface area contributed by atoms with Gasteiger partial charge in [0.1, 0.15) is 0 Å². The Morgan fingerprint density at radius 1 is 1.15 bits per heavy atom. The highest BCUT2D eigenvalue weighted by molar-refractivity contribution is 5.67. The fraction of sp³-hybridized carbons (Fsp3) is 0.857. The van der Waals surface area contributed by atoms with E-state index in [-0.39, 0.29) is 12.0 Å². The molecule has 1 atom stereocenters. The van der Waals surface area contributed by atoms with Gasteiger partial charge in [0.2, 0.25) is 0 Å². The van der Waals surface area contributed by atoms with E-state index in [1.165, 1.54) is 0 Å². The van der Waals surface area contributed by atoms with Crippen molar-refractivity contribution in [1.82, 2.24) is 10.2 Å². The molecule has 0 aromatic carbocycles. The molecular weight excluding hydrogens is 260 g/mol. The molecule has 0 aliphatic rings. The van der Waals surface area contributed by atoms with Gasteiger partial charge in [-0.2, -0.15) is 0 Å². The van der Waals surface area contributed by atoms with Gasteiger partial charge in [0, 0.05) is 20.1 Å².